The highest BCUT2D eigenvalue weighted by molar-refractivity contribution is 6.19. The molecular weight excluding hydrogens is 262 g/mol. The maximum atomic E-state index is 12.2. The summed E-state index contributed by atoms with van der Waals surface area (Å²) in [6.07, 6.45) is -0.876. The molecule has 1 aliphatic rings. The molecule has 1 amide bonds. The van der Waals surface area contributed by atoms with E-state index in [4.69, 9.17) is 5.73 Å². The minimum Gasteiger partial charge on any atom is -0.312 e. The third kappa shape index (κ3) is 2.34. The predicted molar refractivity (Wildman–Crippen MR) is 84.6 cm³/mol. The number of hydrogen-bond donors (Lipinski definition) is 1. The lowest BCUT2D eigenvalue weighted by atomic mass is 9.99. The van der Waals surface area contributed by atoms with Crippen molar-refractivity contribution in [3.05, 3.63) is 65.2 Å². The van der Waals surface area contributed by atoms with Crippen LogP contribution in [0.4, 0.5) is 5.69 Å². The lowest BCUT2D eigenvalue weighted by molar-refractivity contribution is -0.119. The average molecular weight is 279 g/mol. The van der Waals surface area contributed by atoms with Gasteiger partial charge in [0, 0.05) is 18.2 Å². The zero-order valence-corrected chi connectivity index (χ0v) is 12.1. The van der Waals surface area contributed by atoms with Crippen LogP contribution in [-0.2, 0) is 4.79 Å². The second-order valence-corrected chi connectivity index (χ2v) is 5.20. The zero-order valence-electron chi connectivity index (χ0n) is 12.1. The van der Waals surface area contributed by atoms with Crippen LogP contribution in [0.3, 0.4) is 0 Å². The molecule has 1 heterocycles. The van der Waals surface area contributed by atoms with E-state index in [2.05, 4.69) is 4.99 Å². The molecule has 1 atom stereocenters. The van der Waals surface area contributed by atoms with Gasteiger partial charge < -0.3 is 10.6 Å². The Balaban J connectivity index is 2.22. The second kappa shape index (κ2) is 5.14. The number of benzene rings is 2. The van der Waals surface area contributed by atoms with E-state index in [0.717, 1.165) is 22.5 Å². The van der Waals surface area contributed by atoms with Crippen LogP contribution < -0.4 is 10.6 Å². The number of carbonyl (C=O) groups is 1. The van der Waals surface area contributed by atoms with E-state index < -0.39 is 6.17 Å². The van der Waals surface area contributed by atoms with Crippen molar-refractivity contribution in [1.29, 1.82) is 0 Å². The van der Waals surface area contributed by atoms with Gasteiger partial charge in [0.2, 0.25) is 0 Å². The lowest BCUT2D eigenvalue weighted by Crippen LogP contribution is -2.39. The van der Waals surface area contributed by atoms with E-state index >= 15 is 0 Å². The van der Waals surface area contributed by atoms with Crippen LogP contribution in [0.2, 0.25) is 0 Å². The smallest absolute Gasteiger partial charge is 0.266 e. The summed E-state index contributed by atoms with van der Waals surface area (Å²) in [5, 5.41) is 0. The van der Waals surface area contributed by atoms with Crippen molar-refractivity contribution in [2.75, 3.05) is 11.9 Å². The van der Waals surface area contributed by atoms with E-state index in [0.29, 0.717) is 0 Å². The Hall–Kier alpha value is -2.46. The molecule has 0 radical (unpaired) electrons. The van der Waals surface area contributed by atoms with Gasteiger partial charge >= 0.3 is 0 Å². The molecule has 2 aromatic carbocycles. The Morgan fingerprint density at radius 2 is 1.76 bits per heavy atom. The molecule has 106 valence electrons. The average Bonchev–Trinajstić information content (AvgIpc) is 2.60. The number of benzodiazepines with no additional fused rings is 1. The van der Waals surface area contributed by atoms with Crippen molar-refractivity contribution < 1.29 is 4.79 Å². The number of aliphatic imine (C=N–C) groups is 1. The molecule has 0 bridgehead atoms. The summed E-state index contributed by atoms with van der Waals surface area (Å²) in [6, 6.07) is 15.8. The van der Waals surface area contributed by atoms with E-state index in [-0.39, 0.29) is 5.91 Å². The summed E-state index contributed by atoms with van der Waals surface area (Å²) in [5.74, 6) is -0.204. The van der Waals surface area contributed by atoms with Crippen LogP contribution >= 0.6 is 0 Å². The van der Waals surface area contributed by atoms with Crippen LogP contribution in [0.5, 0.6) is 0 Å². The van der Waals surface area contributed by atoms with Crippen molar-refractivity contribution in [1.82, 2.24) is 0 Å². The molecular formula is C17H17N3O. The number of aryl methyl sites for hydroxylation is 1. The SMILES string of the molecule is Cc1ccc(C2=N[C@@H](N)C(=O)N(C)c3ccccc32)cc1. The summed E-state index contributed by atoms with van der Waals surface area (Å²) in [5.41, 5.74) is 10.6. The molecule has 21 heavy (non-hydrogen) atoms. The molecule has 4 nitrogen and oxygen atoms in total. The fourth-order valence-electron chi connectivity index (χ4n) is 2.49. The van der Waals surface area contributed by atoms with Crippen LogP contribution in [-0.4, -0.2) is 24.8 Å². The van der Waals surface area contributed by atoms with Gasteiger partial charge in [-0.1, -0.05) is 48.0 Å². The highest BCUT2D eigenvalue weighted by atomic mass is 16.2. The predicted octanol–water partition coefficient (Wildman–Crippen LogP) is 2.09. The van der Waals surface area contributed by atoms with Gasteiger partial charge in [-0.25, -0.2) is 0 Å². The molecule has 2 aromatic rings. The maximum absolute atomic E-state index is 12.2. The molecule has 0 aromatic heterocycles. The highest BCUT2D eigenvalue weighted by Gasteiger charge is 2.27. The van der Waals surface area contributed by atoms with E-state index in [1.165, 1.54) is 5.56 Å². The number of rotatable bonds is 1. The van der Waals surface area contributed by atoms with Crippen molar-refractivity contribution in [2.24, 2.45) is 10.7 Å². The first-order chi connectivity index (χ1) is 10.1. The van der Waals surface area contributed by atoms with Crippen molar-refractivity contribution in [2.45, 2.75) is 13.1 Å². The first-order valence-electron chi connectivity index (χ1n) is 6.85. The van der Waals surface area contributed by atoms with Gasteiger partial charge in [-0.05, 0) is 13.0 Å². The van der Waals surface area contributed by atoms with Crippen LogP contribution in [0.25, 0.3) is 0 Å². The van der Waals surface area contributed by atoms with Crippen LogP contribution in [0.15, 0.2) is 53.5 Å². The van der Waals surface area contributed by atoms with Gasteiger partial charge in [0.15, 0.2) is 6.17 Å². The monoisotopic (exact) mass is 279 g/mol. The minimum absolute atomic E-state index is 0.204. The number of nitrogens with zero attached hydrogens (tertiary/aromatic N) is 2. The summed E-state index contributed by atoms with van der Waals surface area (Å²) < 4.78 is 0. The summed E-state index contributed by atoms with van der Waals surface area (Å²) in [7, 11) is 1.73. The zero-order chi connectivity index (χ0) is 15.0. The Bertz CT molecular complexity index is 719. The number of anilines is 1. The number of para-hydroxylation sites is 1. The van der Waals surface area contributed by atoms with E-state index in [1.807, 2.05) is 55.5 Å². The number of carbonyl (C=O) groups excluding carboxylic acids is 1. The third-order valence-corrected chi connectivity index (χ3v) is 3.70. The Kier molecular flexibility index (Phi) is 3.31. The first-order valence-corrected chi connectivity index (χ1v) is 6.85. The third-order valence-electron chi connectivity index (χ3n) is 3.70. The molecule has 1 aliphatic heterocycles. The maximum Gasteiger partial charge on any atom is 0.266 e. The number of fused-ring (bicyclic) bond motifs is 1. The van der Waals surface area contributed by atoms with Gasteiger partial charge in [-0.3, -0.25) is 9.79 Å². The summed E-state index contributed by atoms with van der Waals surface area (Å²) >= 11 is 0. The molecule has 0 unspecified atom stereocenters. The first kappa shape index (κ1) is 13.5. The van der Waals surface area contributed by atoms with Gasteiger partial charge in [0.25, 0.3) is 5.91 Å². The Labute approximate surface area is 123 Å². The summed E-state index contributed by atoms with van der Waals surface area (Å²) in [4.78, 5) is 18.3. The topological polar surface area (TPSA) is 58.7 Å². The minimum atomic E-state index is -0.876. The summed E-state index contributed by atoms with van der Waals surface area (Å²) in [6.45, 7) is 2.04. The Morgan fingerprint density at radius 1 is 1.10 bits per heavy atom. The largest absolute Gasteiger partial charge is 0.312 e. The van der Waals surface area contributed by atoms with E-state index in [1.54, 1.807) is 11.9 Å². The van der Waals surface area contributed by atoms with Gasteiger partial charge in [-0.15, -0.1) is 0 Å². The number of amides is 1. The molecule has 0 saturated carbocycles. The molecule has 0 aliphatic carbocycles. The van der Waals surface area contributed by atoms with Crippen molar-refractivity contribution in [3.8, 4) is 0 Å². The number of hydrogen-bond acceptors (Lipinski definition) is 3. The Morgan fingerprint density at radius 3 is 2.48 bits per heavy atom. The van der Waals surface area contributed by atoms with Crippen LogP contribution in [0, 0.1) is 6.92 Å². The molecule has 4 heteroatoms. The number of likely N-dealkylation sites (N-methyl/N-ethyl adjacent to an activating group) is 1. The highest BCUT2D eigenvalue weighted by Crippen LogP contribution is 2.26. The van der Waals surface area contributed by atoms with Crippen LogP contribution in [0.1, 0.15) is 16.7 Å². The fraction of sp³-hybridized carbons (Fsp3) is 0.176. The van der Waals surface area contributed by atoms with Gasteiger partial charge in [0.1, 0.15) is 0 Å². The van der Waals surface area contributed by atoms with Gasteiger partial charge in [-0.2, -0.15) is 0 Å². The molecule has 3 rings (SSSR count). The second-order valence-electron chi connectivity index (χ2n) is 5.20. The van der Waals surface area contributed by atoms with E-state index in [9.17, 15) is 4.79 Å². The molecule has 0 spiro atoms. The quantitative estimate of drug-likeness (QED) is 0.869. The lowest BCUT2D eigenvalue weighted by Gasteiger charge is -2.18. The molecule has 2 N–H and O–H groups in total. The van der Waals surface area contributed by atoms with Crippen molar-refractivity contribution >= 4 is 17.3 Å². The van der Waals surface area contributed by atoms with Gasteiger partial charge in [0.05, 0.1) is 11.4 Å². The normalized spacial score (nSPS) is 18.0. The number of nitrogens with two attached hydrogens (primary N) is 1. The fourth-order valence-corrected chi connectivity index (χ4v) is 2.49. The van der Waals surface area contributed by atoms with Crippen molar-refractivity contribution in [3.63, 3.8) is 0 Å². The standard InChI is InChI=1S/C17H17N3O/c1-11-7-9-12(10-8-11)15-13-5-3-4-6-14(13)20(2)17(21)16(18)19-15/h3-10,16H,18H2,1-2H3/t16-/m1/s1. The molecule has 0 saturated heterocycles. The molecule has 0 fully saturated rings.